The van der Waals surface area contributed by atoms with Gasteiger partial charge in [0.2, 0.25) is 0 Å². The minimum Gasteiger partial charge on any atom is -0.508 e. The van der Waals surface area contributed by atoms with Gasteiger partial charge < -0.3 is 10.4 Å². The number of rotatable bonds is 3. The number of likely N-dealkylation sites (N-methyl/N-ethyl adjacent to an activating group) is 1. The molecule has 1 aliphatic rings. The molecule has 0 bridgehead atoms. The third-order valence-corrected chi connectivity index (χ3v) is 3.53. The van der Waals surface area contributed by atoms with E-state index in [0.717, 1.165) is 13.1 Å². The summed E-state index contributed by atoms with van der Waals surface area (Å²) in [5, 5.41) is 12.8. The quantitative estimate of drug-likeness (QED) is 0.814. The van der Waals surface area contributed by atoms with Crippen molar-refractivity contribution in [3.63, 3.8) is 0 Å². The Labute approximate surface area is 97.1 Å². The van der Waals surface area contributed by atoms with Gasteiger partial charge in [-0.15, -0.1) is 0 Å². The first kappa shape index (κ1) is 11.4. The maximum absolute atomic E-state index is 9.47. The van der Waals surface area contributed by atoms with E-state index in [1.54, 1.807) is 6.07 Å². The molecule has 1 saturated heterocycles. The number of nitrogens with zero attached hydrogens (tertiary/aromatic N) is 1. The van der Waals surface area contributed by atoms with E-state index in [1.165, 1.54) is 12.0 Å². The predicted octanol–water partition coefficient (Wildman–Crippen LogP) is 1.75. The summed E-state index contributed by atoms with van der Waals surface area (Å²) in [6, 6.07) is 8.56. The largest absolute Gasteiger partial charge is 0.508 e. The highest BCUT2D eigenvalue weighted by Crippen LogP contribution is 2.26. The van der Waals surface area contributed by atoms with Gasteiger partial charge in [0.15, 0.2) is 0 Å². The second-order valence-electron chi connectivity index (χ2n) is 4.54. The molecule has 0 saturated carbocycles. The van der Waals surface area contributed by atoms with Crippen molar-refractivity contribution < 1.29 is 5.11 Å². The Kier molecular flexibility index (Phi) is 3.46. The molecular weight excluding hydrogens is 200 g/mol. The molecule has 16 heavy (non-hydrogen) atoms. The highest BCUT2D eigenvalue weighted by Gasteiger charge is 2.25. The van der Waals surface area contributed by atoms with Gasteiger partial charge in [-0.3, -0.25) is 4.90 Å². The Morgan fingerprint density at radius 3 is 2.94 bits per heavy atom. The van der Waals surface area contributed by atoms with Crippen molar-refractivity contribution in [1.29, 1.82) is 0 Å². The Morgan fingerprint density at radius 1 is 1.50 bits per heavy atom. The minimum absolute atomic E-state index is 0.355. The average Bonchev–Trinajstić information content (AvgIpc) is 2.76. The fourth-order valence-electron chi connectivity index (χ4n) is 2.37. The molecule has 1 fully saturated rings. The third-order valence-electron chi connectivity index (χ3n) is 3.53. The molecule has 3 nitrogen and oxygen atoms in total. The molecule has 1 aliphatic heterocycles. The fraction of sp³-hybridized carbons (Fsp3) is 0.538. The van der Waals surface area contributed by atoms with Crippen LogP contribution >= 0.6 is 0 Å². The monoisotopic (exact) mass is 220 g/mol. The van der Waals surface area contributed by atoms with E-state index in [4.69, 9.17) is 0 Å². The zero-order valence-electron chi connectivity index (χ0n) is 9.98. The van der Waals surface area contributed by atoms with E-state index in [-0.39, 0.29) is 0 Å². The Morgan fingerprint density at radius 2 is 2.31 bits per heavy atom. The number of benzene rings is 1. The third kappa shape index (κ3) is 2.36. The normalized spacial score (nSPS) is 23.5. The molecule has 1 heterocycles. The van der Waals surface area contributed by atoms with Gasteiger partial charge in [-0.1, -0.05) is 12.1 Å². The lowest BCUT2D eigenvalue weighted by atomic mass is 10.1. The Bertz CT molecular complexity index is 354. The van der Waals surface area contributed by atoms with Crippen molar-refractivity contribution in [2.75, 3.05) is 20.1 Å². The van der Waals surface area contributed by atoms with Gasteiger partial charge in [-0.2, -0.15) is 0 Å². The standard InChI is InChI=1S/C13H20N2O/c1-10(11-4-3-5-13(16)8-11)15-7-6-12(9-15)14-2/h3-5,8,10,12,14,16H,6-7,9H2,1-2H3. The van der Waals surface area contributed by atoms with E-state index in [2.05, 4.69) is 23.2 Å². The van der Waals surface area contributed by atoms with Gasteiger partial charge in [0.1, 0.15) is 5.75 Å². The fourth-order valence-corrected chi connectivity index (χ4v) is 2.37. The Balaban J connectivity index is 2.05. The SMILES string of the molecule is CNC1CCN(C(C)c2cccc(O)c2)C1. The molecule has 88 valence electrons. The van der Waals surface area contributed by atoms with Crippen LogP contribution in [-0.2, 0) is 0 Å². The smallest absolute Gasteiger partial charge is 0.115 e. The molecule has 0 amide bonds. The van der Waals surface area contributed by atoms with Crippen LogP contribution < -0.4 is 5.32 Å². The molecule has 0 aromatic heterocycles. The summed E-state index contributed by atoms with van der Waals surface area (Å²) >= 11 is 0. The van der Waals surface area contributed by atoms with Crippen molar-refractivity contribution in [3.05, 3.63) is 29.8 Å². The average molecular weight is 220 g/mol. The number of aromatic hydroxyl groups is 1. The van der Waals surface area contributed by atoms with Crippen LogP contribution in [0.15, 0.2) is 24.3 Å². The van der Waals surface area contributed by atoms with Crippen LogP contribution in [0.4, 0.5) is 0 Å². The highest BCUT2D eigenvalue weighted by molar-refractivity contribution is 5.29. The number of phenols is 1. The van der Waals surface area contributed by atoms with Gasteiger partial charge in [-0.05, 0) is 38.1 Å². The van der Waals surface area contributed by atoms with Crippen LogP contribution in [0, 0.1) is 0 Å². The number of hydrogen-bond donors (Lipinski definition) is 2. The van der Waals surface area contributed by atoms with Gasteiger partial charge in [0.05, 0.1) is 0 Å². The maximum Gasteiger partial charge on any atom is 0.115 e. The van der Waals surface area contributed by atoms with Gasteiger partial charge >= 0.3 is 0 Å². The summed E-state index contributed by atoms with van der Waals surface area (Å²) in [4.78, 5) is 2.45. The Hall–Kier alpha value is -1.06. The van der Waals surface area contributed by atoms with Crippen molar-refractivity contribution >= 4 is 0 Å². The highest BCUT2D eigenvalue weighted by atomic mass is 16.3. The van der Waals surface area contributed by atoms with Crippen molar-refractivity contribution in [2.45, 2.75) is 25.4 Å². The minimum atomic E-state index is 0.355. The number of likely N-dealkylation sites (tertiary alicyclic amines) is 1. The molecule has 2 N–H and O–H groups in total. The molecule has 2 rings (SSSR count). The maximum atomic E-state index is 9.47. The molecular formula is C13H20N2O. The lowest BCUT2D eigenvalue weighted by molar-refractivity contribution is 0.256. The first-order valence-corrected chi connectivity index (χ1v) is 5.91. The number of nitrogens with one attached hydrogen (secondary N) is 1. The summed E-state index contributed by atoms with van der Waals surface area (Å²) in [5.74, 6) is 0.355. The summed E-state index contributed by atoms with van der Waals surface area (Å²) < 4.78 is 0. The molecule has 0 radical (unpaired) electrons. The topological polar surface area (TPSA) is 35.5 Å². The van der Waals surface area contributed by atoms with Crippen LogP contribution in [0.5, 0.6) is 5.75 Å². The second kappa shape index (κ2) is 4.85. The summed E-state index contributed by atoms with van der Waals surface area (Å²) in [7, 11) is 2.02. The summed E-state index contributed by atoms with van der Waals surface area (Å²) in [5.41, 5.74) is 1.19. The van der Waals surface area contributed by atoms with Gasteiger partial charge in [0.25, 0.3) is 0 Å². The summed E-state index contributed by atoms with van der Waals surface area (Å²) in [6.45, 7) is 4.42. The van der Waals surface area contributed by atoms with E-state index in [9.17, 15) is 5.11 Å². The van der Waals surface area contributed by atoms with Crippen LogP contribution in [-0.4, -0.2) is 36.2 Å². The zero-order valence-corrected chi connectivity index (χ0v) is 9.98. The lowest BCUT2D eigenvalue weighted by Crippen LogP contribution is -2.31. The molecule has 3 heteroatoms. The molecule has 1 aromatic rings. The zero-order chi connectivity index (χ0) is 11.5. The molecule has 0 spiro atoms. The number of phenolic OH excluding ortho intramolecular Hbond substituents is 1. The van der Waals surface area contributed by atoms with Gasteiger partial charge in [-0.25, -0.2) is 0 Å². The van der Waals surface area contributed by atoms with Gasteiger partial charge in [0, 0.05) is 25.2 Å². The van der Waals surface area contributed by atoms with E-state index in [0.29, 0.717) is 17.8 Å². The van der Waals surface area contributed by atoms with E-state index in [1.807, 2.05) is 19.2 Å². The molecule has 2 unspecified atom stereocenters. The van der Waals surface area contributed by atoms with E-state index < -0.39 is 0 Å². The van der Waals surface area contributed by atoms with Crippen molar-refractivity contribution in [3.8, 4) is 5.75 Å². The van der Waals surface area contributed by atoms with Crippen LogP contribution in [0.2, 0.25) is 0 Å². The van der Waals surface area contributed by atoms with Crippen molar-refractivity contribution in [2.24, 2.45) is 0 Å². The van der Waals surface area contributed by atoms with Crippen LogP contribution in [0.25, 0.3) is 0 Å². The number of hydrogen-bond acceptors (Lipinski definition) is 3. The first-order chi connectivity index (χ1) is 7.70. The molecule has 2 atom stereocenters. The second-order valence-corrected chi connectivity index (χ2v) is 4.54. The van der Waals surface area contributed by atoms with Crippen LogP contribution in [0.3, 0.4) is 0 Å². The predicted molar refractivity (Wildman–Crippen MR) is 65.6 cm³/mol. The van der Waals surface area contributed by atoms with E-state index >= 15 is 0 Å². The lowest BCUT2D eigenvalue weighted by Gasteiger charge is -2.24. The molecule has 1 aromatic carbocycles. The first-order valence-electron chi connectivity index (χ1n) is 5.91. The van der Waals surface area contributed by atoms with Crippen LogP contribution in [0.1, 0.15) is 24.9 Å². The molecule has 0 aliphatic carbocycles. The van der Waals surface area contributed by atoms with Crippen molar-refractivity contribution in [1.82, 2.24) is 10.2 Å². The summed E-state index contributed by atoms with van der Waals surface area (Å²) in [6.07, 6.45) is 1.21.